The molecule has 1 aromatic heterocycles. The molecule has 0 radical (unpaired) electrons. The standard InChI is InChI=1S/C12H10N2O/c15-9-1-2-10-3-5-11(6-4-10)12-7-8-13-14-12/h1-9H,(H,13,14)/b2-1+. The highest BCUT2D eigenvalue weighted by Crippen LogP contribution is 2.16. The molecule has 0 aliphatic carbocycles. The van der Waals surface area contributed by atoms with Gasteiger partial charge in [0, 0.05) is 11.8 Å². The molecule has 74 valence electrons. The van der Waals surface area contributed by atoms with Crippen LogP contribution in [0.3, 0.4) is 0 Å². The molecule has 1 heterocycles. The van der Waals surface area contributed by atoms with Gasteiger partial charge in [-0.05, 0) is 17.7 Å². The quantitative estimate of drug-likeness (QED) is 0.607. The third kappa shape index (κ3) is 2.20. The second-order valence-corrected chi connectivity index (χ2v) is 3.08. The van der Waals surface area contributed by atoms with Crippen LogP contribution in [-0.4, -0.2) is 16.5 Å². The van der Waals surface area contributed by atoms with Gasteiger partial charge in [0.1, 0.15) is 6.29 Å². The molecule has 0 atom stereocenters. The molecule has 0 aliphatic rings. The summed E-state index contributed by atoms with van der Waals surface area (Å²) in [6, 6.07) is 9.76. The summed E-state index contributed by atoms with van der Waals surface area (Å²) in [6.07, 6.45) is 5.79. The van der Waals surface area contributed by atoms with E-state index in [9.17, 15) is 4.79 Å². The minimum absolute atomic E-state index is 0.765. The average Bonchev–Trinajstić information content (AvgIpc) is 2.80. The van der Waals surface area contributed by atoms with Gasteiger partial charge >= 0.3 is 0 Å². The van der Waals surface area contributed by atoms with Crippen molar-refractivity contribution in [3.8, 4) is 11.3 Å². The maximum atomic E-state index is 10.1. The second kappa shape index (κ2) is 4.37. The maximum Gasteiger partial charge on any atom is 0.142 e. The van der Waals surface area contributed by atoms with Crippen LogP contribution in [-0.2, 0) is 4.79 Å². The Morgan fingerprint density at radius 1 is 1.13 bits per heavy atom. The highest BCUT2D eigenvalue weighted by molar-refractivity contribution is 5.74. The largest absolute Gasteiger partial charge is 0.299 e. The number of aromatic nitrogens is 2. The smallest absolute Gasteiger partial charge is 0.142 e. The molecule has 0 aliphatic heterocycles. The van der Waals surface area contributed by atoms with Crippen LogP contribution in [0.25, 0.3) is 17.3 Å². The van der Waals surface area contributed by atoms with E-state index in [4.69, 9.17) is 0 Å². The van der Waals surface area contributed by atoms with Crippen molar-refractivity contribution in [3.05, 3.63) is 48.2 Å². The molecule has 3 nitrogen and oxygen atoms in total. The minimum atomic E-state index is 0.765. The topological polar surface area (TPSA) is 45.8 Å². The van der Waals surface area contributed by atoms with Crippen molar-refractivity contribution in [1.82, 2.24) is 10.2 Å². The van der Waals surface area contributed by atoms with E-state index in [1.54, 1.807) is 12.3 Å². The number of benzene rings is 1. The molecular weight excluding hydrogens is 188 g/mol. The lowest BCUT2D eigenvalue weighted by atomic mass is 10.1. The first kappa shape index (κ1) is 9.40. The lowest BCUT2D eigenvalue weighted by Gasteiger charge is -1.96. The summed E-state index contributed by atoms with van der Waals surface area (Å²) in [7, 11) is 0. The molecule has 0 unspecified atom stereocenters. The van der Waals surface area contributed by atoms with Gasteiger partial charge < -0.3 is 0 Å². The summed E-state index contributed by atoms with van der Waals surface area (Å²) in [4.78, 5) is 10.1. The summed E-state index contributed by atoms with van der Waals surface area (Å²) in [5.41, 5.74) is 2.97. The van der Waals surface area contributed by atoms with Gasteiger partial charge in [-0.1, -0.05) is 30.3 Å². The number of nitrogens with one attached hydrogen (secondary N) is 1. The highest BCUT2D eigenvalue weighted by atomic mass is 16.1. The molecule has 1 N–H and O–H groups in total. The zero-order valence-electron chi connectivity index (χ0n) is 8.05. The van der Waals surface area contributed by atoms with Gasteiger partial charge in [-0.3, -0.25) is 9.89 Å². The fourth-order valence-corrected chi connectivity index (χ4v) is 1.34. The number of carbonyl (C=O) groups is 1. The number of rotatable bonds is 3. The van der Waals surface area contributed by atoms with Gasteiger partial charge in [0.2, 0.25) is 0 Å². The van der Waals surface area contributed by atoms with Crippen LogP contribution in [0.5, 0.6) is 0 Å². The number of aromatic amines is 1. The van der Waals surface area contributed by atoms with Crippen molar-refractivity contribution in [2.45, 2.75) is 0 Å². The van der Waals surface area contributed by atoms with E-state index in [2.05, 4.69) is 10.2 Å². The molecule has 0 saturated heterocycles. The van der Waals surface area contributed by atoms with Crippen molar-refractivity contribution in [2.24, 2.45) is 0 Å². The van der Waals surface area contributed by atoms with Gasteiger partial charge in [0.15, 0.2) is 0 Å². The summed E-state index contributed by atoms with van der Waals surface area (Å²) in [5, 5.41) is 6.85. The van der Waals surface area contributed by atoms with Crippen LogP contribution in [0.1, 0.15) is 5.56 Å². The van der Waals surface area contributed by atoms with E-state index in [-0.39, 0.29) is 0 Å². The van der Waals surface area contributed by atoms with E-state index in [1.165, 1.54) is 6.08 Å². The first-order valence-electron chi connectivity index (χ1n) is 4.62. The third-order valence-corrected chi connectivity index (χ3v) is 2.07. The van der Waals surface area contributed by atoms with E-state index < -0.39 is 0 Å². The number of aldehydes is 1. The fourth-order valence-electron chi connectivity index (χ4n) is 1.34. The average molecular weight is 198 g/mol. The Hall–Kier alpha value is -2.16. The zero-order valence-corrected chi connectivity index (χ0v) is 8.05. The van der Waals surface area contributed by atoms with Gasteiger partial charge in [-0.15, -0.1) is 0 Å². The molecule has 2 aromatic rings. The molecule has 0 amide bonds. The SMILES string of the molecule is O=C/C=C/c1ccc(-c2cc[nH]n2)cc1. The Morgan fingerprint density at radius 2 is 1.93 bits per heavy atom. The number of hydrogen-bond acceptors (Lipinski definition) is 2. The summed E-state index contributed by atoms with van der Waals surface area (Å²) in [6.45, 7) is 0. The van der Waals surface area contributed by atoms with Gasteiger partial charge in [-0.2, -0.15) is 5.10 Å². The molecule has 15 heavy (non-hydrogen) atoms. The number of allylic oxidation sites excluding steroid dienone is 1. The summed E-state index contributed by atoms with van der Waals surface area (Å²) >= 11 is 0. The predicted octanol–water partition coefficient (Wildman–Crippen LogP) is 2.29. The van der Waals surface area contributed by atoms with E-state index >= 15 is 0 Å². The molecule has 0 saturated carbocycles. The minimum Gasteiger partial charge on any atom is -0.299 e. The molecule has 3 heteroatoms. The number of carbonyl (C=O) groups excluding carboxylic acids is 1. The fraction of sp³-hybridized carbons (Fsp3) is 0. The molecule has 0 bridgehead atoms. The van der Waals surface area contributed by atoms with Crippen LogP contribution in [0.15, 0.2) is 42.6 Å². The lowest BCUT2D eigenvalue weighted by molar-refractivity contribution is -0.104. The first-order chi connectivity index (χ1) is 7.40. The molecular formula is C12H10N2O. The second-order valence-electron chi connectivity index (χ2n) is 3.08. The van der Waals surface area contributed by atoms with E-state index in [0.717, 1.165) is 23.1 Å². The predicted molar refractivity (Wildman–Crippen MR) is 59.1 cm³/mol. The van der Waals surface area contributed by atoms with Gasteiger partial charge in [0.05, 0.1) is 5.69 Å². The van der Waals surface area contributed by atoms with Crippen molar-refractivity contribution in [1.29, 1.82) is 0 Å². The number of hydrogen-bond donors (Lipinski definition) is 1. The maximum absolute atomic E-state index is 10.1. The Balaban J connectivity index is 2.24. The van der Waals surface area contributed by atoms with Crippen molar-refractivity contribution in [2.75, 3.05) is 0 Å². The monoisotopic (exact) mass is 198 g/mol. The Labute approximate surface area is 87.5 Å². The van der Waals surface area contributed by atoms with Crippen LogP contribution in [0, 0.1) is 0 Å². The van der Waals surface area contributed by atoms with Crippen molar-refractivity contribution >= 4 is 12.4 Å². The van der Waals surface area contributed by atoms with Crippen LogP contribution >= 0.6 is 0 Å². The highest BCUT2D eigenvalue weighted by Gasteiger charge is 1.97. The molecule has 0 fully saturated rings. The van der Waals surface area contributed by atoms with Crippen LogP contribution in [0.2, 0.25) is 0 Å². The van der Waals surface area contributed by atoms with Crippen LogP contribution in [0.4, 0.5) is 0 Å². The zero-order chi connectivity index (χ0) is 10.5. The Kier molecular flexibility index (Phi) is 2.74. The Bertz CT molecular complexity index is 455. The summed E-state index contributed by atoms with van der Waals surface area (Å²) in [5.74, 6) is 0. The van der Waals surface area contributed by atoms with Gasteiger partial charge in [0.25, 0.3) is 0 Å². The van der Waals surface area contributed by atoms with E-state index in [1.807, 2.05) is 30.3 Å². The van der Waals surface area contributed by atoms with Crippen molar-refractivity contribution in [3.63, 3.8) is 0 Å². The lowest BCUT2D eigenvalue weighted by Crippen LogP contribution is -1.78. The first-order valence-corrected chi connectivity index (χ1v) is 4.62. The van der Waals surface area contributed by atoms with E-state index in [0.29, 0.717) is 0 Å². The van der Waals surface area contributed by atoms with Crippen LogP contribution < -0.4 is 0 Å². The molecule has 2 rings (SSSR count). The molecule has 1 aromatic carbocycles. The number of H-pyrrole nitrogens is 1. The number of nitrogens with zero attached hydrogens (tertiary/aromatic N) is 1. The molecule has 0 spiro atoms. The third-order valence-electron chi connectivity index (χ3n) is 2.07. The van der Waals surface area contributed by atoms with Gasteiger partial charge in [-0.25, -0.2) is 0 Å². The Morgan fingerprint density at radius 3 is 2.53 bits per heavy atom. The van der Waals surface area contributed by atoms with Crippen molar-refractivity contribution < 1.29 is 4.79 Å². The summed E-state index contributed by atoms with van der Waals surface area (Å²) < 4.78 is 0. The normalized spacial score (nSPS) is 10.7.